The summed E-state index contributed by atoms with van der Waals surface area (Å²) in [6.45, 7) is 7.91. The molecule has 3 heterocycles. The minimum Gasteiger partial charge on any atom is -0.344 e. The van der Waals surface area contributed by atoms with E-state index >= 15 is 0 Å². The van der Waals surface area contributed by atoms with Crippen LogP contribution in [-0.2, 0) is 0 Å². The van der Waals surface area contributed by atoms with Gasteiger partial charge >= 0.3 is 0 Å². The molecule has 3 aromatic heterocycles. The van der Waals surface area contributed by atoms with Crippen molar-refractivity contribution < 1.29 is 4.79 Å². The first kappa shape index (κ1) is 17.7. The number of aromatic nitrogens is 5. The smallest absolute Gasteiger partial charge is 0.272 e. The average Bonchev–Trinajstić information content (AvgIpc) is 3.13. The number of aryl methyl sites for hydroxylation is 1. The minimum atomic E-state index is -0.229. The van der Waals surface area contributed by atoms with Crippen LogP contribution in [0, 0.1) is 6.92 Å². The van der Waals surface area contributed by atoms with E-state index in [0.29, 0.717) is 11.5 Å². The third kappa shape index (κ3) is 3.77. The van der Waals surface area contributed by atoms with Gasteiger partial charge in [0.05, 0.1) is 6.04 Å². The maximum atomic E-state index is 12.4. The van der Waals surface area contributed by atoms with E-state index in [1.165, 1.54) is 0 Å². The molecule has 1 atom stereocenters. The Kier molecular flexibility index (Phi) is 5.06. The standard InChI is InChI=1S/C19H22N6O/c1-11(2)16-9-17(25-24-16)19(26)23-13(4)15-10-21-18(22-12(15)3)14-5-7-20-8-6-14/h5-11,13H,1-4H3,(H,23,26)(H,24,25)/t13-/m1/s1. The van der Waals surface area contributed by atoms with Gasteiger partial charge in [-0.25, -0.2) is 9.97 Å². The largest absolute Gasteiger partial charge is 0.344 e. The van der Waals surface area contributed by atoms with Gasteiger partial charge in [-0.1, -0.05) is 13.8 Å². The number of nitrogens with zero attached hydrogens (tertiary/aromatic N) is 4. The van der Waals surface area contributed by atoms with Gasteiger partial charge in [0.2, 0.25) is 0 Å². The topological polar surface area (TPSA) is 96.5 Å². The Labute approximate surface area is 152 Å². The maximum Gasteiger partial charge on any atom is 0.272 e. The van der Waals surface area contributed by atoms with Crippen LogP contribution in [0.1, 0.15) is 60.2 Å². The molecule has 26 heavy (non-hydrogen) atoms. The number of nitrogens with one attached hydrogen (secondary N) is 2. The van der Waals surface area contributed by atoms with Gasteiger partial charge in [0.15, 0.2) is 5.82 Å². The molecule has 0 radical (unpaired) electrons. The summed E-state index contributed by atoms with van der Waals surface area (Å²) in [6, 6.07) is 5.28. The van der Waals surface area contributed by atoms with Crippen molar-refractivity contribution in [3.05, 3.63) is 59.4 Å². The number of carbonyl (C=O) groups is 1. The zero-order valence-corrected chi connectivity index (χ0v) is 15.3. The summed E-state index contributed by atoms with van der Waals surface area (Å²) in [5, 5.41) is 9.93. The second-order valence-corrected chi connectivity index (χ2v) is 6.53. The molecule has 2 N–H and O–H groups in total. The molecule has 7 heteroatoms. The highest BCUT2D eigenvalue weighted by molar-refractivity contribution is 5.92. The number of carbonyl (C=O) groups excluding carboxylic acids is 1. The molecule has 1 amide bonds. The Bertz CT molecular complexity index is 903. The zero-order valence-electron chi connectivity index (χ0n) is 15.3. The summed E-state index contributed by atoms with van der Waals surface area (Å²) in [7, 11) is 0. The Morgan fingerprint density at radius 1 is 1.19 bits per heavy atom. The molecule has 0 aliphatic heterocycles. The molecule has 0 fully saturated rings. The van der Waals surface area contributed by atoms with Crippen LogP contribution in [0.15, 0.2) is 36.8 Å². The first-order valence-electron chi connectivity index (χ1n) is 8.55. The minimum absolute atomic E-state index is 0.224. The van der Waals surface area contributed by atoms with Crippen LogP contribution in [0.5, 0.6) is 0 Å². The summed E-state index contributed by atoms with van der Waals surface area (Å²) in [5.41, 5.74) is 3.92. The van der Waals surface area contributed by atoms with Crippen molar-refractivity contribution in [2.45, 2.75) is 39.7 Å². The summed E-state index contributed by atoms with van der Waals surface area (Å²) < 4.78 is 0. The van der Waals surface area contributed by atoms with Crippen molar-refractivity contribution in [3.8, 4) is 11.4 Å². The highest BCUT2D eigenvalue weighted by atomic mass is 16.2. The van der Waals surface area contributed by atoms with E-state index in [4.69, 9.17) is 0 Å². The highest BCUT2D eigenvalue weighted by Gasteiger charge is 2.18. The predicted molar refractivity (Wildman–Crippen MR) is 98.6 cm³/mol. The van der Waals surface area contributed by atoms with E-state index in [1.807, 2.05) is 39.8 Å². The predicted octanol–water partition coefficient (Wildman–Crippen LogP) is 3.18. The van der Waals surface area contributed by atoms with Gasteiger partial charge in [0, 0.05) is 41.1 Å². The van der Waals surface area contributed by atoms with E-state index in [9.17, 15) is 4.79 Å². The zero-order chi connectivity index (χ0) is 18.7. The lowest BCUT2D eigenvalue weighted by Gasteiger charge is -2.15. The second kappa shape index (κ2) is 7.43. The fourth-order valence-corrected chi connectivity index (χ4v) is 2.64. The number of rotatable bonds is 5. The van der Waals surface area contributed by atoms with E-state index in [1.54, 1.807) is 24.7 Å². The van der Waals surface area contributed by atoms with Crippen LogP contribution >= 0.6 is 0 Å². The van der Waals surface area contributed by atoms with Crippen LogP contribution in [0.25, 0.3) is 11.4 Å². The van der Waals surface area contributed by atoms with Crippen molar-refractivity contribution in [1.82, 2.24) is 30.5 Å². The first-order valence-corrected chi connectivity index (χ1v) is 8.55. The summed E-state index contributed by atoms with van der Waals surface area (Å²) >= 11 is 0. The van der Waals surface area contributed by atoms with Crippen molar-refractivity contribution in [3.63, 3.8) is 0 Å². The number of hydrogen-bond acceptors (Lipinski definition) is 5. The van der Waals surface area contributed by atoms with Crippen LogP contribution in [-0.4, -0.2) is 31.1 Å². The van der Waals surface area contributed by atoms with Crippen molar-refractivity contribution in [1.29, 1.82) is 0 Å². The fraction of sp³-hybridized carbons (Fsp3) is 0.316. The molecule has 0 saturated heterocycles. The molecule has 3 aromatic rings. The molecule has 0 aliphatic rings. The monoisotopic (exact) mass is 350 g/mol. The third-order valence-electron chi connectivity index (χ3n) is 4.22. The Morgan fingerprint density at radius 3 is 2.54 bits per heavy atom. The summed E-state index contributed by atoms with van der Waals surface area (Å²) in [5.74, 6) is 0.706. The van der Waals surface area contributed by atoms with Crippen LogP contribution < -0.4 is 5.32 Å². The number of aromatic amines is 1. The molecule has 0 aliphatic carbocycles. The van der Waals surface area contributed by atoms with E-state index in [2.05, 4.69) is 30.5 Å². The van der Waals surface area contributed by atoms with Crippen molar-refractivity contribution in [2.24, 2.45) is 0 Å². The Hall–Kier alpha value is -3.09. The molecule has 0 aromatic carbocycles. The van der Waals surface area contributed by atoms with Gasteiger partial charge < -0.3 is 5.32 Å². The van der Waals surface area contributed by atoms with Crippen LogP contribution in [0.3, 0.4) is 0 Å². The number of hydrogen-bond donors (Lipinski definition) is 2. The molecule has 0 unspecified atom stereocenters. The average molecular weight is 350 g/mol. The number of H-pyrrole nitrogens is 1. The van der Waals surface area contributed by atoms with Crippen LogP contribution in [0.4, 0.5) is 0 Å². The highest BCUT2D eigenvalue weighted by Crippen LogP contribution is 2.20. The molecule has 3 rings (SSSR count). The van der Waals surface area contributed by atoms with Gasteiger partial charge in [-0.2, -0.15) is 5.10 Å². The van der Waals surface area contributed by atoms with Crippen molar-refractivity contribution in [2.75, 3.05) is 0 Å². The lowest BCUT2D eigenvalue weighted by molar-refractivity contribution is 0.0934. The SMILES string of the molecule is Cc1nc(-c2ccncc2)ncc1[C@@H](C)NC(=O)c1cc(C(C)C)[nH]n1. The normalized spacial score (nSPS) is 12.2. The lowest BCUT2D eigenvalue weighted by Crippen LogP contribution is -2.27. The van der Waals surface area contributed by atoms with E-state index in [0.717, 1.165) is 22.5 Å². The first-order chi connectivity index (χ1) is 12.5. The molecule has 0 saturated carbocycles. The number of pyridine rings is 1. The summed E-state index contributed by atoms with van der Waals surface area (Å²) in [4.78, 5) is 25.4. The van der Waals surface area contributed by atoms with Gasteiger partial charge in [-0.15, -0.1) is 0 Å². The van der Waals surface area contributed by atoms with Gasteiger partial charge in [0.25, 0.3) is 5.91 Å². The van der Waals surface area contributed by atoms with Gasteiger partial charge in [-0.3, -0.25) is 14.9 Å². The maximum absolute atomic E-state index is 12.4. The molecule has 7 nitrogen and oxygen atoms in total. The fourth-order valence-electron chi connectivity index (χ4n) is 2.64. The van der Waals surface area contributed by atoms with Crippen molar-refractivity contribution >= 4 is 5.91 Å². The van der Waals surface area contributed by atoms with Gasteiger partial charge in [-0.05, 0) is 38.0 Å². The molecular weight excluding hydrogens is 328 g/mol. The second-order valence-electron chi connectivity index (χ2n) is 6.53. The number of amides is 1. The van der Waals surface area contributed by atoms with Crippen LogP contribution in [0.2, 0.25) is 0 Å². The Morgan fingerprint density at radius 2 is 1.92 bits per heavy atom. The van der Waals surface area contributed by atoms with Gasteiger partial charge in [0.1, 0.15) is 5.69 Å². The summed E-state index contributed by atoms with van der Waals surface area (Å²) in [6.07, 6.45) is 5.17. The van der Waals surface area contributed by atoms with E-state index < -0.39 is 0 Å². The molecule has 134 valence electrons. The molecule has 0 spiro atoms. The third-order valence-corrected chi connectivity index (χ3v) is 4.22. The lowest BCUT2D eigenvalue weighted by atomic mass is 10.1. The quantitative estimate of drug-likeness (QED) is 0.736. The van der Waals surface area contributed by atoms with E-state index in [-0.39, 0.29) is 17.9 Å². The molecule has 0 bridgehead atoms. The molecular formula is C19H22N6O. The Balaban J connectivity index is 1.75.